The third-order valence-corrected chi connectivity index (χ3v) is 5.87. The van der Waals surface area contributed by atoms with Crippen LogP contribution in [0.4, 0.5) is 5.69 Å². The summed E-state index contributed by atoms with van der Waals surface area (Å²) in [5.41, 5.74) is 1.19. The Bertz CT molecular complexity index is 1080. The Morgan fingerprint density at radius 1 is 1.14 bits per heavy atom. The van der Waals surface area contributed by atoms with Crippen LogP contribution in [0.3, 0.4) is 0 Å². The number of methoxy groups -OCH3 is 1. The second-order valence-electron chi connectivity index (χ2n) is 5.95. The SMILES string of the molecule is CCNC(=O)c1ccc(NC(=S)NC(=O)c2sc3cc(OC)ccc3c2Cl)cc1. The molecule has 29 heavy (non-hydrogen) atoms. The van der Waals surface area contributed by atoms with Crippen molar-refractivity contribution in [3.05, 3.63) is 57.9 Å². The summed E-state index contributed by atoms with van der Waals surface area (Å²) in [5, 5.41) is 9.57. The van der Waals surface area contributed by atoms with Crippen LogP contribution in [0.25, 0.3) is 10.1 Å². The first kappa shape index (κ1) is 21.0. The number of benzene rings is 2. The molecule has 9 heteroatoms. The Labute approximate surface area is 182 Å². The minimum Gasteiger partial charge on any atom is -0.497 e. The van der Waals surface area contributed by atoms with Gasteiger partial charge in [0.05, 0.1) is 12.1 Å². The summed E-state index contributed by atoms with van der Waals surface area (Å²) in [5.74, 6) is 0.146. The van der Waals surface area contributed by atoms with E-state index in [2.05, 4.69) is 16.0 Å². The zero-order valence-corrected chi connectivity index (χ0v) is 18.1. The molecule has 2 amide bonds. The summed E-state index contributed by atoms with van der Waals surface area (Å²) in [4.78, 5) is 24.8. The van der Waals surface area contributed by atoms with Crippen LogP contribution >= 0.6 is 35.2 Å². The van der Waals surface area contributed by atoms with E-state index in [1.165, 1.54) is 11.3 Å². The highest BCUT2D eigenvalue weighted by Gasteiger charge is 2.18. The van der Waals surface area contributed by atoms with Gasteiger partial charge < -0.3 is 15.4 Å². The Hall–Kier alpha value is -2.68. The van der Waals surface area contributed by atoms with Gasteiger partial charge in [-0.3, -0.25) is 14.9 Å². The molecule has 0 saturated carbocycles. The van der Waals surface area contributed by atoms with Crippen LogP contribution in [-0.4, -0.2) is 30.6 Å². The molecule has 0 aliphatic carbocycles. The predicted molar refractivity (Wildman–Crippen MR) is 122 cm³/mol. The van der Waals surface area contributed by atoms with Crippen LogP contribution in [0.1, 0.15) is 27.0 Å². The summed E-state index contributed by atoms with van der Waals surface area (Å²) in [6.07, 6.45) is 0. The van der Waals surface area contributed by atoms with Gasteiger partial charge >= 0.3 is 0 Å². The van der Waals surface area contributed by atoms with E-state index in [1.807, 2.05) is 19.1 Å². The summed E-state index contributed by atoms with van der Waals surface area (Å²) in [6.45, 7) is 2.41. The summed E-state index contributed by atoms with van der Waals surface area (Å²) >= 11 is 12.9. The zero-order valence-electron chi connectivity index (χ0n) is 15.7. The molecule has 0 radical (unpaired) electrons. The molecule has 0 aliphatic heterocycles. The van der Waals surface area contributed by atoms with Gasteiger partial charge in [0, 0.05) is 27.9 Å². The van der Waals surface area contributed by atoms with Crippen LogP contribution in [0.2, 0.25) is 5.02 Å². The fraction of sp³-hybridized carbons (Fsp3) is 0.150. The Balaban J connectivity index is 1.68. The van der Waals surface area contributed by atoms with Gasteiger partial charge in [-0.25, -0.2) is 0 Å². The minimum atomic E-state index is -0.397. The number of carbonyl (C=O) groups excluding carboxylic acids is 2. The van der Waals surface area contributed by atoms with Crippen LogP contribution in [-0.2, 0) is 0 Å². The van der Waals surface area contributed by atoms with Gasteiger partial charge in [0.2, 0.25) is 0 Å². The number of thiophene rings is 1. The van der Waals surface area contributed by atoms with E-state index in [0.717, 1.165) is 10.1 Å². The van der Waals surface area contributed by atoms with Crippen molar-refractivity contribution in [2.24, 2.45) is 0 Å². The molecule has 0 unspecified atom stereocenters. The number of ether oxygens (including phenoxy) is 1. The van der Waals surface area contributed by atoms with Crippen molar-refractivity contribution >= 4 is 67.9 Å². The fourth-order valence-corrected chi connectivity index (χ4v) is 4.26. The monoisotopic (exact) mass is 447 g/mol. The Morgan fingerprint density at radius 2 is 1.86 bits per heavy atom. The zero-order chi connectivity index (χ0) is 21.0. The number of carbonyl (C=O) groups is 2. The van der Waals surface area contributed by atoms with Crippen molar-refractivity contribution in [2.45, 2.75) is 6.92 Å². The summed E-state index contributed by atoms with van der Waals surface area (Å²) in [6, 6.07) is 12.2. The molecule has 0 bridgehead atoms. The molecule has 0 spiro atoms. The number of anilines is 1. The number of amides is 2. The highest BCUT2D eigenvalue weighted by atomic mass is 35.5. The second-order valence-corrected chi connectivity index (χ2v) is 7.79. The number of hydrogen-bond acceptors (Lipinski definition) is 5. The van der Waals surface area contributed by atoms with Gasteiger partial charge in [-0.1, -0.05) is 11.6 Å². The largest absolute Gasteiger partial charge is 0.497 e. The molecule has 1 heterocycles. The number of fused-ring (bicyclic) bond motifs is 1. The van der Waals surface area contributed by atoms with Gasteiger partial charge in [0.25, 0.3) is 11.8 Å². The van der Waals surface area contributed by atoms with E-state index in [9.17, 15) is 9.59 Å². The smallest absolute Gasteiger partial charge is 0.269 e. The van der Waals surface area contributed by atoms with E-state index in [1.54, 1.807) is 37.4 Å². The van der Waals surface area contributed by atoms with Crippen LogP contribution in [0, 0.1) is 0 Å². The van der Waals surface area contributed by atoms with Gasteiger partial charge in [-0.15, -0.1) is 11.3 Å². The standard InChI is InChI=1S/C20H18ClN3O3S2/c1-3-22-18(25)11-4-6-12(7-5-11)23-20(28)24-19(26)17-16(21)14-9-8-13(27-2)10-15(14)29-17/h4-10H,3H2,1-2H3,(H,22,25)(H2,23,24,26,28). The van der Waals surface area contributed by atoms with Gasteiger partial charge in [-0.2, -0.15) is 0 Å². The van der Waals surface area contributed by atoms with Gasteiger partial charge in [0.15, 0.2) is 5.11 Å². The lowest BCUT2D eigenvalue weighted by Crippen LogP contribution is -2.33. The van der Waals surface area contributed by atoms with Crippen LogP contribution < -0.4 is 20.7 Å². The van der Waals surface area contributed by atoms with Crippen molar-refractivity contribution in [1.29, 1.82) is 0 Å². The predicted octanol–water partition coefficient (Wildman–Crippen LogP) is 4.44. The minimum absolute atomic E-state index is 0.131. The number of nitrogens with one attached hydrogen (secondary N) is 3. The van der Waals surface area contributed by atoms with E-state index in [-0.39, 0.29) is 11.0 Å². The van der Waals surface area contributed by atoms with E-state index in [0.29, 0.717) is 33.4 Å². The highest BCUT2D eigenvalue weighted by Crippen LogP contribution is 2.37. The molecule has 0 fully saturated rings. The first-order chi connectivity index (χ1) is 13.9. The maximum atomic E-state index is 12.6. The van der Waals surface area contributed by atoms with Crippen molar-refractivity contribution in [2.75, 3.05) is 19.0 Å². The Morgan fingerprint density at radius 3 is 2.52 bits per heavy atom. The summed E-state index contributed by atoms with van der Waals surface area (Å²) < 4.78 is 6.05. The topological polar surface area (TPSA) is 79.5 Å². The first-order valence-electron chi connectivity index (χ1n) is 8.69. The fourth-order valence-electron chi connectivity index (χ4n) is 2.61. The molecule has 0 saturated heterocycles. The molecule has 150 valence electrons. The first-order valence-corrected chi connectivity index (χ1v) is 10.3. The maximum absolute atomic E-state index is 12.6. The lowest BCUT2D eigenvalue weighted by molar-refractivity contribution is 0.0953. The van der Waals surface area contributed by atoms with Gasteiger partial charge in [0.1, 0.15) is 10.6 Å². The van der Waals surface area contributed by atoms with E-state index in [4.69, 9.17) is 28.6 Å². The Kier molecular flexibility index (Phi) is 6.68. The van der Waals surface area contributed by atoms with Crippen molar-refractivity contribution in [3.8, 4) is 5.75 Å². The number of thiocarbonyl (C=S) groups is 1. The molecule has 6 nitrogen and oxygen atoms in total. The lowest BCUT2D eigenvalue weighted by atomic mass is 10.2. The number of rotatable bonds is 5. The summed E-state index contributed by atoms with van der Waals surface area (Å²) in [7, 11) is 1.58. The van der Waals surface area contributed by atoms with E-state index >= 15 is 0 Å². The van der Waals surface area contributed by atoms with E-state index < -0.39 is 5.91 Å². The molecule has 0 aliphatic rings. The van der Waals surface area contributed by atoms with Crippen LogP contribution in [0.5, 0.6) is 5.75 Å². The van der Waals surface area contributed by atoms with Crippen molar-refractivity contribution < 1.29 is 14.3 Å². The average molecular weight is 448 g/mol. The molecule has 3 rings (SSSR count). The molecular weight excluding hydrogens is 430 g/mol. The van der Waals surface area contributed by atoms with Crippen molar-refractivity contribution in [1.82, 2.24) is 10.6 Å². The third-order valence-electron chi connectivity index (χ3n) is 4.01. The number of hydrogen-bond donors (Lipinski definition) is 3. The van der Waals surface area contributed by atoms with Gasteiger partial charge in [-0.05, 0) is 61.6 Å². The average Bonchev–Trinajstić information content (AvgIpc) is 3.04. The third kappa shape index (κ3) is 4.84. The van der Waals surface area contributed by atoms with Crippen molar-refractivity contribution in [3.63, 3.8) is 0 Å². The molecule has 3 aromatic rings. The highest BCUT2D eigenvalue weighted by molar-refractivity contribution is 7.80. The number of halogens is 1. The molecule has 2 aromatic carbocycles. The van der Waals surface area contributed by atoms with Crippen LogP contribution in [0.15, 0.2) is 42.5 Å². The molecular formula is C20H18ClN3O3S2. The lowest BCUT2D eigenvalue weighted by Gasteiger charge is -2.10. The molecule has 3 N–H and O–H groups in total. The normalized spacial score (nSPS) is 10.4. The quantitative estimate of drug-likeness (QED) is 0.504. The molecule has 0 atom stereocenters. The molecule has 1 aromatic heterocycles. The second kappa shape index (κ2) is 9.21. The maximum Gasteiger partial charge on any atom is 0.269 e.